The zero-order valence-corrected chi connectivity index (χ0v) is 8.62. The van der Waals surface area contributed by atoms with E-state index in [0.29, 0.717) is 0 Å². The summed E-state index contributed by atoms with van der Waals surface area (Å²) in [6.07, 6.45) is 1.99. The maximum atomic E-state index is 11.4. The van der Waals surface area contributed by atoms with Gasteiger partial charge in [0.1, 0.15) is 0 Å². The van der Waals surface area contributed by atoms with Crippen LogP contribution in [0.1, 0.15) is 12.8 Å². The van der Waals surface area contributed by atoms with E-state index in [1.165, 1.54) is 0 Å². The van der Waals surface area contributed by atoms with Gasteiger partial charge in [-0.15, -0.1) is 0 Å². The Morgan fingerprint density at radius 2 is 1.87 bits per heavy atom. The third-order valence-corrected chi connectivity index (χ3v) is 2.23. The molecule has 1 heterocycles. The van der Waals surface area contributed by atoms with Crippen molar-refractivity contribution >= 4 is 17.8 Å². The van der Waals surface area contributed by atoms with Crippen LogP contribution < -0.4 is 5.32 Å². The Labute approximate surface area is 87.6 Å². The second-order valence-electron chi connectivity index (χ2n) is 3.26. The van der Waals surface area contributed by atoms with Crippen LogP contribution in [-0.4, -0.2) is 49.4 Å². The second-order valence-corrected chi connectivity index (χ2v) is 3.26. The van der Waals surface area contributed by atoms with Crippen LogP contribution in [0.3, 0.4) is 0 Å². The fourth-order valence-corrected chi connectivity index (χ4v) is 1.40. The van der Waals surface area contributed by atoms with Gasteiger partial charge in [0.25, 0.3) is 0 Å². The van der Waals surface area contributed by atoms with Crippen molar-refractivity contribution < 1.29 is 19.1 Å². The fraction of sp³-hybridized carbons (Fsp3) is 0.667. The molecular formula is C9H14N2O4. The third-order valence-electron chi connectivity index (χ3n) is 2.23. The Kier molecular flexibility index (Phi) is 4.08. The molecule has 0 aliphatic carbocycles. The molecule has 1 fully saturated rings. The molecular weight excluding hydrogens is 200 g/mol. The second kappa shape index (κ2) is 5.33. The van der Waals surface area contributed by atoms with E-state index in [1.807, 2.05) is 0 Å². The molecule has 0 radical (unpaired) electrons. The predicted octanol–water partition coefficient (Wildman–Crippen LogP) is -1.10. The highest BCUT2D eigenvalue weighted by Gasteiger charge is 2.20. The van der Waals surface area contributed by atoms with Gasteiger partial charge in [0.15, 0.2) is 0 Å². The van der Waals surface area contributed by atoms with Crippen LogP contribution in [0.2, 0.25) is 0 Å². The number of hydrogen-bond donors (Lipinski definition) is 1. The minimum atomic E-state index is -0.982. The number of nitrogens with zero attached hydrogens (tertiary/aromatic N) is 1. The van der Waals surface area contributed by atoms with E-state index in [-0.39, 0.29) is 12.5 Å². The molecule has 1 N–H and O–H groups in total. The van der Waals surface area contributed by atoms with Crippen molar-refractivity contribution in [3.8, 4) is 0 Å². The van der Waals surface area contributed by atoms with Gasteiger partial charge in [-0.1, -0.05) is 0 Å². The third kappa shape index (κ3) is 3.23. The average molecular weight is 214 g/mol. The summed E-state index contributed by atoms with van der Waals surface area (Å²) in [7, 11) is 1.12. The number of carbonyl (C=O) groups is 3. The first-order valence-corrected chi connectivity index (χ1v) is 4.79. The minimum absolute atomic E-state index is 0.145. The summed E-state index contributed by atoms with van der Waals surface area (Å²) in [6.45, 7) is 1.31. The Morgan fingerprint density at radius 1 is 1.27 bits per heavy atom. The lowest BCUT2D eigenvalue weighted by Crippen LogP contribution is -2.41. The van der Waals surface area contributed by atoms with E-state index in [1.54, 1.807) is 4.90 Å². The van der Waals surface area contributed by atoms with Crippen LogP contribution in [0.5, 0.6) is 0 Å². The van der Waals surface area contributed by atoms with E-state index in [4.69, 9.17) is 0 Å². The highest BCUT2D eigenvalue weighted by molar-refractivity contribution is 6.32. The zero-order valence-electron chi connectivity index (χ0n) is 8.62. The summed E-state index contributed by atoms with van der Waals surface area (Å²) in [4.78, 5) is 34.7. The van der Waals surface area contributed by atoms with E-state index in [0.717, 1.165) is 33.0 Å². The standard InChI is InChI=1S/C9H14N2O4/c1-15-9(14)8(13)10-6-7(12)11-4-2-3-5-11/h2-6H2,1H3,(H,10,13). The first kappa shape index (κ1) is 11.5. The lowest BCUT2D eigenvalue weighted by molar-refractivity contribution is -0.153. The van der Waals surface area contributed by atoms with Crippen LogP contribution >= 0.6 is 0 Å². The smallest absolute Gasteiger partial charge is 0.396 e. The first-order valence-electron chi connectivity index (χ1n) is 4.79. The summed E-state index contributed by atoms with van der Waals surface area (Å²) in [5, 5.41) is 2.21. The fourth-order valence-electron chi connectivity index (χ4n) is 1.40. The highest BCUT2D eigenvalue weighted by Crippen LogP contribution is 2.06. The quantitative estimate of drug-likeness (QED) is 0.467. The van der Waals surface area contributed by atoms with Crippen LogP contribution in [0.25, 0.3) is 0 Å². The Hall–Kier alpha value is -1.59. The van der Waals surface area contributed by atoms with Crippen molar-refractivity contribution in [2.45, 2.75) is 12.8 Å². The van der Waals surface area contributed by atoms with Crippen LogP contribution in [0.4, 0.5) is 0 Å². The van der Waals surface area contributed by atoms with E-state index in [9.17, 15) is 14.4 Å². The van der Waals surface area contributed by atoms with Gasteiger partial charge in [-0.3, -0.25) is 9.59 Å². The number of nitrogens with one attached hydrogen (secondary N) is 1. The Balaban J connectivity index is 2.27. The summed E-state index contributed by atoms with van der Waals surface area (Å²) < 4.78 is 4.19. The number of hydrogen-bond acceptors (Lipinski definition) is 4. The van der Waals surface area contributed by atoms with Crippen LogP contribution in [0.15, 0.2) is 0 Å². The molecule has 0 aromatic heterocycles. The van der Waals surface area contributed by atoms with Gasteiger partial charge in [-0.2, -0.15) is 0 Å². The lowest BCUT2D eigenvalue weighted by atomic mass is 10.4. The molecule has 0 saturated carbocycles. The molecule has 1 saturated heterocycles. The summed E-state index contributed by atoms with van der Waals surface area (Å²) in [6, 6.07) is 0. The molecule has 0 aromatic rings. The van der Waals surface area contributed by atoms with E-state index >= 15 is 0 Å². The largest absolute Gasteiger partial charge is 0.462 e. The number of ether oxygens (including phenoxy) is 1. The number of amides is 2. The van der Waals surface area contributed by atoms with Crippen molar-refractivity contribution in [1.29, 1.82) is 0 Å². The predicted molar refractivity (Wildman–Crippen MR) is 50.8 cm³/mol. The van der Waals surface area contributed by atoms with Gasteiger partial charge < -0.3 is 15.0 Å². The van der Waals surface area contributed by atoms with Gasteiger partial charge >= 0.3 is 11.9 Å². The summed E-state index contributed by atoms with van der Waals surface area (Å²) in [5.41, 5.74) is 0. The maximum Gasteiger partial charge on any atom is 0.396 e. The van der Waals surface area contributed by atoms with Gasteiger partial charge in [0.05, 0.1) is 13.7 Å². The molecule has 0 bridgehead atoms. The van der Waals surface area contributed by atoms with Crippen LogP contribution in [0, 0.1) is 0 Å². The summed E-state index contributed by atoms with van der Waals surface area (Å²) in [5.74, 6) is -2.03. The molecule has 1 aliphatic rings. The molecule has 1 rings (SSSR count). The SMILES string of the molecule is COC(=O)C(=O)NCC(=O)N1CCCC1. The summed E-state index contributed by atoms with van der Waals surface area (Å²) >= 11 is 0. The van der Waals surface area contributed by atoms with Crippen LogP contribution in [-0.2, 0) is 19.1 Å². The molecule has 0 aromatic carbocycles. The molecule has 0 atom stereocenters. The Bertz CT molecular complexity index is 271. The average Bonchev–Trinajstić information content (AvgIpc) is 2.77. The molecule has 0 spiro atoms. The molecule has 15 heavy (non-hydrogen) atoms. The maximum absolute atomic E-state index is 11.4. The number of carbonyl (C=O) groups excluding carboxylic acids is 3. The van der Waals surface area contributed by atoms with Gasteiger partial charge in [0.2, 0.25) is 5.91 Å². The lowest BCUT2D eigenvalue weighted by Gasteiger charge is -2.14. The molecule has 6 nitrogen and oxygen atoms in total. The number of methoxy groups -OCH3 is 1. The van der Waals surface area contributed by atoms with E-state index < -0.39 is 11.9 Å². The molecule has 2 amide bonds. The monoisotopic (exact) mass is 214 g/mol. The zero-order chi connectivity index (χ0) is 11.3. The van der Waals surface area contributed by atoms with Crippen molar-refractivity contribution in [2.75, 3.05) is 26.7 Å². The van der Waals surface area contributed by atoms with Crippen molar-refractivity contribution in [2.24, 2.45) is 0 Å². The number of esters is 1. The number of likely N-dealkylation sites (tertiary alicyclic amines) is 1. The first-order chi connectivity index (χ1) is 7.15. The molecule has 0 unspecified atom stereocenters. The highest BCUT2D eigenvalue weighted by atomic mass is 16.5. The van der Waals surface area contributed by atoms with Crippen molar-refractivity contribution in [3.05, 3.63) is 0 Å². The minimum Gasteiger partial charge on any atom is -0.462 e. The molecule has 6 heteroatoms. The van der Waals surface area contributed by atoms with Gasteiger partial charge in [-0.05, 0) is 12.8 Å². The van der Waals surface area contributed by atoms with Crippen molar-refractivity contribution in [1.82, 2.24) is 10.2 Å². The van der Waals surface area contributed by atoms with Crippen molar-refractivity contribution in [3.63, 3.8) is 0 Å². The topological polar surface area (TPSA) is 75.7 Å². The normalized spacial score (nSPS) is 14.9. The van der Waals surface area contributed by atoms with Gasteiger partial charge in [-0.25, -0.2) is 4.79 Å². The van der Waals surface area contributed by atoms with Gasteiger partial charge in [0, 0.05) is 13.1 Å². The number of rotatable bonds is 2. The molecule has 1 aliphatic heterocycles. The Morgan fingerprint density at radius 3 is 2.40 bits per heavy atom. The van der Waals surface area contributed by atoms with E-state index in [2.05, 4.69) is 10.1 Å². The molecule has 84 valence electrons.